The molecule has 0 aliphatic carbocycles. The molecule has 4 nitrogen and oxygen atoms in total. The van der Waals surface area contributed by atoms with Crippen LogP contribution >= 0.6 is 0 Å². The Hall–Kier alpha value is -1.06. The van der Waals surface area contributed by atoms with Crippen LogP contribution in [-0.4, -0.2) is 22.0 Å². The molecule has 0 saturated heterocycles. The quantitative estimate of drug-likeness (QED) is 0.353. The first-order valence-electron chi connectivity index (χ1n) is 3.02. The topological polar surface area (TPSA) is 69.9 Å². The van der Waals surface area contributed by atoms with E-state index in [4.69, 9.17) is 10.3 Å². The monoisotopic (exact) mass is 145 g/mol. The van der Waals surface area contributed by atoms with Crippen LogP contribution in [0.1, 0.15) is 20.3 Å². The summed E-state index contributed by atoms with van der Waals surface area (Å²) in [4.78, 5) is 10.2. The molecule has 0 fully saturated rings. The summed E-state index contributed by atoms with van der Waals surface area (Å²) in [5.41, 5.74) is -0.185. The summed E-state index contributed by atoms with van der Waals surface area (Å²) in [5, 5.41) is 19.1. The van der Waals surface area contributed by atoms with Crippen LogP contribution < -0.4 is 0 Å². The SMILES string of the molecule is CC(C)C/C(=N\O)C(=O)O. The Morgan fingerprint density at radius 2 is 2.10 bits per heavy atom. The molecule has 0 aromatic carbocycles. The molecule has 0 aromatic heterocycles. The normalized spacial score (nSPS) is 12.1. The molecule has 0 spiro atoms. The summed E-state index contributed by atoms with van der Waals surface area (Å²) >= 11 is 0. The number of rotatable bonds is 3. The predicted octanol–water partition coefficient (Wildman–Crippen LogP) is 0.947. The Morgan fingerprint density at radius 3 is 2.20 bits per heavy atom. The lowest BCUT2D eigenvalue weighted by Crippen LogP contribution is -2.15. The third-order valence-electron chi connectivity index (χ3n) is 0.969. The zero-order valence-electron chi connectivity index (χ0n) is 6.03. The zero-order chi connectivity index (χ0) is 8.15. The van der Waals surface area contributed by atoms with Crippen LogP contribution in [0.25, 0.3) is 0 Å². The fourth-order valence-electron chi connectivity index (χ4n) is 0.558. The Kier molecular flexibility index (Phi) is 3.46. The second-order valence-corrected chi connectivity index (χ2v) is 2.45. The van der Waals surface area contributed by atoms with E-state index in [1.165, 1.54) is 0 Å². The van der Waals surface area contributed by atoms with Crippen LogP contribution in [0.15, 0.2) is 5.16 Å². The van der Waals surface area contributed by atoms with Gasteiger partial charge in [-0.25, -0.2) is 4.79 Å². The van der Waals surface area contributed by atoms with Gasteiger partial charge in [-0.3, -0.25) is 0 Å². The number of carbonyl (C=O) groups is 1. The van der Waals surface area contributed by atoms with E-state index < -0.39 is 5.97 Å². The fraction of sp³-hybridized carbons (Fsp3) is 0.667. The van der Waals surface area contributed by atoms with Gasteiger partial charge in [0.05, 0.1) is 0 Å². The van der Waals surface area contributed by atoms with Gasteiger partial charge in [-0.15, -0.1) is 0 Å². The standard InChI is InChI=1S/C6H11NO3/c1-4(2)3-5(7-10)6(8)9/h4,10H,3H2,1-2H3,(H,8,9)/b7-5+. The number of hydrogen-bond acceptors (Lipinski definition) is 3. The first-order chi connectivity index (χ1) is 4.57. The zero-order valence-corrected chi connectivity index (χ0v) is 6.03. The van der Waals surface area contributed by atoms with E-state index in [9.17, 15) is 4.79 Å². The molecule has 4 heteroatoms. The van der Waals surface area contributed by atoms with Crippen molar-refractivity contribution in [2.24, 2.45) is 11.1 Å². The van der Waals surface area contributed by atoms with Gasteiger partial charge < -0.3 is 10.3 Å². The summed E-state index contributed by atoms with van der Waals surface area (Å²) < 4.78 is 0. The molecular formula is C6H11NO3. The molecule has 58 valence electrons. The minimum Gasteiger partial charge on any atom is -0.477 e. The van der Waals surface area contributed by atoms with Gasteiger partial charge in [-0.1, -0.05) is 19.0 Å². The van der Waals surface area contributed by atoms with E-state index in [1.54, 1.807) is 0 Å². The Labute approximate surface area is 59.2 Å². The number of oxime groups is 1. The van der Waals surface area contributed by atoms with Gasteiger partial charge in [0, 0.05) is 6.42 Å². The van der Waals surface area contributed by atoms with Crippen molar-refractivity contribution in [1.29, 1.82) is 0 Å². The van der Waals surface area contributed by atoms with Gasteiger partial charge in [0.2, 0.25) is 0 Å². The number of hydrogen-bond donors (Lipinski definition) is 2. The molecule has 0 amide bonds. The molecule has 0 radical (unpaired) electrons. The molecule has 0 rings (SSSR count). The van der Waals surface area contributed by atoms with Crippen LogP contribution in [0.3, 0.4) is 0 Å². The largest absolute Gasteiger partial charge is 0.477 e. The Balaban J connectivity index is 3.99. The first-order valence-corrected chi connectivity index (χ1v) is 3.02. The van der Waals surface area contributed by atoms with Crippen molar-refractivity contribution in [1.82, 2.24) is 0 Å². The van der Waals surface area contributed by atoms with Crippen molar-refractivity contribution in [2.75, 3.05) is 0 Å². The van der Waals surface area contributed by atoms with E-state index in [0.717, 1.165) is 0 Å². The first kappa shape index (κ1) is 8.94. The van der Waals surface area contributed by atoms with E-state index in [1.807, 2.05) is 13.8 Å². The molecule has 0 atom stereocenters. The summed E-state index contributed by atoms with van der Waals surface area (Å²) in [7, 11) is 0. The number of nitrogens with zero attached hydrogens (tertiary/aromatic N) is 1. The molecule has 0 aromatic rings. The van der Waals surface area contributed by atoms with E-state index in [-0.39, 0.29) is 11.6 Å². The van der Waals surface area contributed by atoms with Crippen molar-refractivity contribution in [3.8, 4) is 0 Å². The van der Waals surface area contributed by atoms with Gasteiger partial charge in [0.1, 0.15) is 0 Å². The molecular weight excluding hydrogens is 134 g/mol. The highest BCUT2D eigenvalue weighted by atomic mass is 16.4. The molecule has 0 unspecified atom stereocenters. The molecule has 0 bridgehead atoms. The van der Waals surface area contributed by atoms with E-state index in [2.05, 4.69) is 5.16 Å². The van der Waals surface area contributed by atoms with Crippen molar-refractivity contribution >= 4 is 11.7 Å². The van der Waals surface area contributed by atoms with Gasteiger partial charge in [-0.2, -0.15) is 0 Å². The third kappa shape index (κ3) is 3.06. The number of carboxylic acids is 1. The van der Waals surface area contributed by atoms with Crippen molar-refractivity contribution < 1.29 is 15.1 Å². The minimum absolute atomic E-state index is 0.185. The second kappa shape index (κ2) is 3.87. The van der Waals surface area contributed by atoms with Crippen LogP contribution in [0.4, 0.5) is 0 Å². The lowest BCUT2D eigenvalue weighted by Gasteiger charge is -2.00. The highest BCUT2D eigenvalue weighted by Crippen LogP contribution is 2.00. The lowest BCUT2D eigenvalue weighted by molar-refractivity contribution is -0.129. The third-order valence-corrected chi connectivity index (χ3v) is 0.969. The highest BCUT2D eigenvalue weighted by Gasteiger charge is 2.10. The lowest BCUT2D eigenvalue weighted by atomic mass is 10.1. The van der Waals surface area contributed by atoms with Gasteiger partial charge >= 0.3 is 5.97 Å². The Bertz CT molecular complexity index is 151. The van der Waals surface area contributed by atoms with Crippen molar-refractivity contribution in [3.05, 3.63) is 0 Å². The second-order valence-electron chi connectivity index (χ2n) is 2.45. The van der Waals surface area contributed by atoms with Crippen molar-refractivity contribution in [3.63, 3.8) is 0 Å². The molecule has 0 aliphatic heterocycles. The van der Waals surface area contributed by atoms with E-state index in [0.29, 0.717) is 6.42 Å². The van der Waals surface area contributed by atoms with Crippen LogP contribution in [0.5, 0.6) is 0 Å². The number of aliphatic carboxylic acids is 1. The van der Waals surface area contributed by atoms with Crippen LogP contribution in [0.2, 0.25) is 0 Å². The molecule has 10 heavy (non-hydrogen) atoms. The van der Waals surface area contributed by atoms with Gasteiger partial charge in [0.25, 0.3) is 0 Å². The fourth-order valence-corrected chi connectivity index (χ4v) is 0.558. The predicted molar refractivity (Wildman–Crippen MR) is 36.3 cm³/mol. The maximum atomic E-state index is 10.2. The van der Waals surface area contributed by atoms with Gasteiger partial charge in [0.15, 0.2) is 5.71 Å². The summed E-state index contributed by atoms with van der Waals surface area (Å²) in [6, 6.07) is 0. The van der Waals surface area contributed by atoms with Crippen molar-refractivity contribution in [2.45, 2.75) is 20.3 Å². The molecule has 0 heterocycles. The molecule has 0 saturated carbocycles. The molecule has 2 N–H and O–H groups in total. The maximum absolute atomic E-state index is 10.2. The Morgan fingerprint density at radius 1 is 1.60 bits per heavy atom. The van der Waals surface area contributed by atoms with E-state index >= 15 is 0 Å². The summed E-state index contributed by atoms with van der Waals surface area (Å²) in [6.07, 6.45) is 0.297. The summed E-state index contributed by atoms with van der Waals surface area (Å²) in [6.45, 7) is 3.71. The average molecular weight is 145 g/mol. The summed E-state index contributed by atoms with van der Waals surface area (Å²) in [5.74, 6) is -0.960. The smallest absolute Gasteiger partial charge is 0.353 e. The van der Waals surface area contributed by atoms with Crippen LogP contribution in [0, 0.1) is 5.92 Å². The number of carboxylic acid groups (broad SMARTS) is 1. The van der Waals surface area contributed by atoms with Gasteiger partial charge in [-0.05, 0) is 5.92 Å². The minimum atomic E-state index is -1.16. The molecule has 0 aliphatic rings. The highest BCUT2D eigenvalue weighted by molar-refractivity contribution is 6.35. The van der Waals surface area contributed by atoms with Crippen LogP contribution in [-0.2, 0) is 4.79 Å². The average Bonchev–Trinajstić information content (AvgIpc) is 1.81. The maximum Gasteiger partial charge on any atom is 0.353 e.